The summed E-state index contributed by atoms with van der Waals surface area (Å²) < 4.78 is 46.5. The Kier molecular flexibility index (Phi) is 2.04. The minimum Gasteiger partial charge on any atom is -0.233 e. The van der Waals surface area contributed by atoms with Gasteiger partial charge in [0.15, 0.2) is 0 Å². The third-order valence-corrected chi connectivity index (χ3v) is 1.70. The fourth-order valence-electron chi connectivity index (χ4n) is 0.582. The van der Waals surface area contributed by atoms with Crippen LogP contribution >= 0.6 is 15.9 Å². The number of nitrogens with zero attached hydrogens (tertiary/aromatic N) is 1. The number of allylic oxidation sites excluding steroid dienone is 1. The fourth-order valence-corrected chi connectivity index (χ4v) is 0.960. The fraction of sp³-hybridized carbons (Fsp3) is 0.400. The second kappa shape index (κ2) is 2.58. The van der Waals surface area contributed by atoms with E-state index in [-0.39, 0.29) is 6.08 Å². The van der Waals surface area contributed by atoms with Crippen molar-refractivity contribution < 1.29 is 17.6 Å². The summed E-state index contributed by atoms with van der Waals surface area (Å²) >= 11 is 2.16. The highest BCUT2D eigenvalue weighted by molar-refractivity contribution is 9.10. The third-order valence-electron chi connectivity index (χ3n) is 1.07. The van der Waals surface area contributed by atoms with Gasteiger partial charge in [0.25, 0.3) is 0 Å². The first-order chi connectivity index (χ1) is 4.93. The van der Waals surface area contributed by atoms with Gasteiger partial charge in [-0.15, -0.1) is 0 Å². The predicted octanol–water partition coefficient (Wildman–Crippen LogP) is 2.58. The van der Waals surface area contributed by atoms with Crippen molar-refractivity contribution in [2.75, 3.05) is 0 Å². The summed E-state index contributed by atoms with van der Waals surface area (Å²) in [4.78, 5) is 2.46. The van der Waals surface area contributed by atoms with Crippen LogP contribution in [0.3, 0.4) is 0 Å². The van der Waals surface area contributed by atoms with Gasteiger partial charge in [-0.05, 0) is 15.9 Å². The lowest BCUT2D eigenvalue weighted by molar-refractivity contribution is 0.219. The first-order valence-electron chi connectivity index (χ1n) is 2.58. The van der Waals surface area contributed by atoms with Crippen molar-refractivity contribution in [1.29, 1.82) is 0 Å². The second-order valence-electron chi connectivity index (χ2n) is 1.94. The molecular weight excluding hydrogens is 230 g/mol. The Morgan fingerprint density at radius 1 is 1.55 bits per heavy atom. The van der Waals surface area contributed by atoms with Gasteiger partial charge in [-0.25, -0.2) is 8.78 Å². The predicted molar refractivity (Wildman–Crippen MR) is 35.4 cm³/mol. The molecule has 0 N–H and O–H groups in total. The summed E-state index contributed by atoms with van der Waals surface area (Å²) in [6.07, 6.45) is -2.36. The standard InChI is InChI=1S/C5H2BrF4N/c6-5(10)1-2(7)11-4(9)3(5)8/h1,3H. The third kappa shape index (κ3) is 1.61. The van der Waals surface area contributed by atoms with E-state index in [4.69, 9.17) is 0 Å². The molecule has 0 aromatic carbocycles. The van der Waals surface area contributed by atoms with E-state index in [2.05, 4.69) is 20.9 Å². The molecule has 62 valence electrons. The Bertz CT molecular complexity index is 235. The molecule has 0 aliphatic carbocycles. The molecule has 0 radical (unpaired) electrons. The van der Waals surface area contributed by atoms with Gasteiger partial charge in [0, 0.05) is 6.08 Å². The van der Waals surface area contributed by atoms with Crippen LogP contribution in [0, 0.1) is 0 Å². The number of hydrogen-bond donors (Lipinski definition) is 0. The monoisotopic (exact) mass is 231 g/mol. The molecule has 0 bridgehead atoms. The molecule has 0 saturated heterocycles. The highest BCUT2D eigenvalue weighted by atomic mass is 79.9. The van der Waals surface area contributed by atoms with Crippen LogP contribution in [0.4, 0.5) is 17.6 Å². The van der Waals surface area contributed by atoms with Gasteiger partial charge in [-0.3, -0.25) is 0 Å². The van der Waals surface area contributed by atoms with Gasteiger partial charge in [0.2, 0.25) is 22.7 Å². The van der Waals surface area contributed by atoms with Crippen molar-refractivity contribution in [3.8, 4) is 0 Å². The van der Waals surface area contributed by atoms with Crippen LogP contribution in [0.2, 0.25) is 0 Å². The summed E-state index contributed by atoms with van der Waals surface area (Å²) in [5.41, 5.74) is 0. The van der Waals surface area contributed by atoms with E-state index in [0.29, 0.717) is 0 Å². The maximum Gasteiger partial charge on any atom is 0.230 e. The molecule has 0 saturated carbocycles. The molecule has 1 rings (SSSR count). The number of halogens is 5. The Balaban J connectivity index is 3.01. The largest absolute Gasteiger partial charge is 0.233 e. The van der Waals surface area contributed by atoms with Gasteiger partial charge in [0.05, 0.1) is 0 Å². The molecule has 6 heteroatoms. The lowest BCUT2D eigenvalue weighted by atomic mass is 10.2. The van der Waals surface area contributed by atoms with Crippen molar-refractivity contribution >= 4 is 21.9 Å². The molecule has 1 heterocycles. The summed E-state index contributed by atoms with van der Waals surface area (Å²) in [6, 6.07) is 0. The van der Waals surface area contributed by atoms with Crippen molar-refractivity contribution in [3.05, 3.63) is 12.0 Å². The average Bonchev–Trinajstić information content (AvgIpc) is 1.81. The molecule has 0 fully saturated rings. The van der Waals surface area contributed by atoms with Gasteiger partial charge in [-0.2, -0.15) is 13.8 Å². The summed E-state index contributed by atoms with van der Waals surface area (Å²) in [6.45, 7) is 0. The Labute approximate surface area is 67.9 Å². The quantitative estimate of drug-likeness (QED) is 0.345. The first kappa shape index (κ1) is 8.70. The summed E-state index contributed by atoms with van der Waals surface area (Å²) in [5.74, 6) is -3.08. The van der Waals surface area contributed by atoms with Crippen LogP contribution in [0.1, 0.15) is 0 Å². The zero-order valence-electron chi connectivity index (χ0n) is 4.99. The molecule has 2 atom stereocenters. The minimum absolute atomic E-state index is 0.223. The number of rotatable bonds is 0. The van der Waals surface area contributed by atoms with Crippen molar-refractivity contribution in [2.45, 2.75) is 10.7 Å². The zero-order valence-corrected chi connectivity index (χ0v) is 6.58. The SMILES string of the molecule is FC1=CC(F)(Br)C(F)C(F)=N1. The van der Waals surface area contributed by atoms with E-state index in [1.807, 2.05) is 0 Å². The smallest absolute Gasteiger partial charge is 0.230 e. The Morgan fingerprint density at radius 3 is 2.55 bits per heavy atom. The lowest BCUT2D eigenvalue weighted by Crippen LogP contribution is -2.33. The highest BCUT2D eigenvalue weighted by Crippen LogP contribution is 2.34. The van der Waals surface area contributed by atoms with Gasteiger partial charge in [0.1, 0.15) is 0 Å². The van der Waals surface area contributed by atoms with Crippen LogP contribution in [0.15, 0.2) is 17.0 Å². The summed E-state index contributed by atoms with van der Waals surface area (Å²) in [5, 5.41) is 0. The second-order valence-corrected chi connectivity index (χ2v) is 3.15. The van der Waals surface area contributed by atoms with Crippen LogP contribution in [-0.4, -0.2) is 16.7 Å². The molecule has 1 aliphatic heterocycles. The van der Waals surface area contributed by atoms with Crippen molar-refractivity contribution in [2.24, 2.45) is 4.99 Å². The van der Waals surface area contributed by atoms with Crippen molar-refractivity contribution in [1.82, 2.24) is 0 Å². The maximum atomic E-state index is 12.7. The molecule has 2 unspecified atom stereocenters. The Morgan fingerprint density at radius 2 is 2.09 bits per heavy atom. The normalized spacial score (nSPS) is 38.1. The van der Waals surface area contributed by atoms with Crippen LogP contribution in [0.25, 0.3) is 0 Å². The van der Waals surface area contributed by atoms with Gasteiger partial charge in [-0.1, -0.05) is 0 Å². The van der Waals surface area contributed by atoms with Gasteiger partial charge < -0.3 is 0 Å². The van der Waals surface area contributed by atoms with Crippen LogP contribution in [0.5, 0.6) is 0 Å². The molecule has 1 aliphatic rings. The molecule has 0 aromatic heterocycles. The molecule has 0 aromatic rings. The van der Waals surface area contributed by atoms with E-state index >= 15 is 0 Å². The number of hydrogen-bond acceptors (Lipinski definition) is 1. The van der Waals surface area contributed by atoms with E-state index in [9.17, 15) is 17.6 Å². The lowest BCUT2D eigenvalue weighted by Gasteiger charge is -2.19. The van der Waals surface area contributed by atoms with Gasteiger partial charge >= 0.3 is 0 Å². The van der Waals surface area contributed by atoms with E-state index in [0.717, 1.165) is 0 Å². The van der Waals surface area contributed by atoms with Crippen molar-refractivity contribution in [3.63, 3.8) is 0 Å². The van der Waals surface area contributed by atoms with Crippen LogP contribution in [-0.2, 0) is 0 Å². The molecule has 11 heavy (non-hydrogen) atoms. The first-order valence-corrected chi connectivity index (χ1v) is 3.37. The molecule has 0 amide bonds. The number of alkyl halides is 3. The van der Waals surface area contributed by atoms with Crippen LogP contribution < -0.4 is 0 Å². The van der Waals surface area contributed by atoms with E-state index in [1.165, 1.54) is 0 Å². The van der Waals surface area contributed by atoms with E-state index < -0.39 is 22.7 Å². The molecule has 1 nitrogen and oxygen atoms in total. The zero-order chi connectivity index (χ0) is 8.65. The average molecular weight is 232 g/mol. The van der Waals surface area contributed by atoms with E-state index in [1.54, 1.807) is 0 Å². The Hall–Kier alpha value is -0.390. The summed E-state index contributed by atoms with van der Waals surface area (Å²) in [7, 11) is 0. The minimum atomic E-state index is -2.82. The molecular formula is C5H2BrF4N. The highest BCUT2D eigenvalue weighted by Gasteiger charge is 2.42. The number of aliphatic imine (C=N–C) groups is 1. The topological polar surface area (TPSA) is 12.4 Å². The maximum absolute atomic E-state index is 12.7. The molecule has 0 spiro atoms.